The first-order chi connectivity index (χ1) is 14.9. The number of amides is 1. The molecule has 2 aliphatic heterocycles. The molecule has 164 valence electrons. The number of hydrogen-bond donors (Lipinski definition) is 1. The molecular weight excluding hydrogens is 414 g/mol. The highest BCUT2D eigenvalue weighted by atomic mass is 32.2. The van der Waals surface area contributed by atoms with E-state index in [0.29, 0.717) is 36.3 Å². The van der Waals surface area contributed by atoms with Crippen LogP contribution in [0.25, 0.3) is 0 Å². The average molecular weight is 442 g/mol. The summed E-state index contributed by atoms with van der Waals surface area (Å²) in [5.74, 6) is 0.239. The number of carbonyl (C=O) groups excluding carboxylic acids is 2. The SMILES string of the molecule is O=C(CN1CCN([C@@H]2CCS(=O)(=O)C2)CC1)Nc1ccccc1C(=O)c1ccccc1. The first-order valence-corrected chi connectivity index (χ1v) is 12.4. The molecule has 31 heavy (non-hydrogen) atoms. The summed E-state index contributed by atoms with van der Waals surface area (Å²) in [5.41, 5.74) is 1.56. The van der Waals surface area contributed by atoms with Crippen molar-refractivity contribution in [2.24, 2.45) is 0 Å². The molecule has 2 aromatic rings. The van der Waals surface area contributed by atoms with Gasteiger partial charge >= 0.3 is 0 Å². The fourth-order valence-electron chi connectivity index (χ4n) is 4.28. The molecule has 0 saturated carbocycles. The molecule has 4 rings (SSSR count). The number of nitrogens with one attached hydrogen (secondary N) is 1. The van der Waals surface area contributed by atoms with E-state index in [0.717, 1.165) is 13.1 Å². The molecule has 2 aromatic carbocycles. The van der Waals surface area contributed by atoms with Crippen LogP contribution in [0, 0.1) is 0 Å². The molecule has 2 aliphatic rings. The Morgan fingerprint density at radius 1 is 0.935 bits per heavy atom. The van der Waals surface area contributed by atoms with E-state index >= 15 is 0 Å². The molecule has 0 aliphatic carbocycles. The maximum absolute atomic E-state index is 12.8. The predicted octanol–water partition coefficient (Wildman–Crippen LogP) is 1.66. The van der Waals surface area contributed by atoms with E-state index in [1.165, 1.54) is 0 Å². The summed E-state index contributed by atoms with van der Waals surface area (Å²) in [5, 5.41) is 2.89. The van der Waals surface area contributed by atoms with Crippen molar-refractivity contribution < 1.29 is 18.0 Å². The second-order valence-electron chi connectivity index (χ2n) is 8.16. The smallest absolute Gasteiger partial charge is 0.238 e. The number of rotatable bonds is 6. The lowest BCUT2D eigenvalue weighted by atomic mass is 10.0. The molecular formula is C23H27N3O4S. The molecule has 0 spiro atoms. The largest absolute Gasteiger partial charge is 0.324 e. The van der Waals surface area contributed by atoms with E-state index in [2.05, 4.69) is 15.1 Å². The molecule has 0 aromatic heterocycles. The molecule has 1 amide bonds. The first kappa shape index (κ1) is 21.7. The van der Waals surface area contributed by atoms with E-state index in [1.54, 1.807) is 36.4 Å². The number of benzene rings is 2. The van der Waals surface area contributed by atoms with Crippen LogP contribution in [-0.2, 0) is 14.6 Å². The van der Waals surface area contributed by atoms with Gasteiger partial charge in [-0.25, -0.2) is 8.42 Å². The molecule has 1 N–H and O–H groups in total. The van der Waals surface area contributed by atoms with Crippen LogP contribution in [0.4, 0.5) is 5.69 Å². The molecule has 8 heteroatoms. The standard InChI is InChI=1S/C23H27N3O4S/c27-22(16-25-11-13-26(14-12-25)19-10-15-31(29,30)17-19)24-21-9-5-4-8-20(21)23(28)18-6-2-1-3-7-18/h1-9,19H,10-17H2,(H,24,27)/t19-/m1/s1. The summed E-state index contributed by atoms with van der Waals surface area (Å²) in [7, 11) is -2.89. The quantitative estimate of drug-likeness (QED) is 0.686. The third-order valence-electron chi connectivity index (χ3n) is 5.98. The fraction of sp³-hybridized carbons (Fsp3) is 0.391. The number of nitrogens with zero attached hydrogens (tertiary/aromatic N) is 2. The van der Waals surface area contributed by atoms with E-state index in [9.17, 15) is 18.0 Å². The second-order valence-corrected chi connectivity index (χ2v) is 10.4. The summed E-state index contributed by atoms with van der Waals surface area (Å²) in [4.78, 5) is 29.8. The minimum absolute atomic E-state index is 0.108. The fourth-order valence-corrected chi connectivity index (χ4v) is 6.04. The third kappa shape index (κ3) is 5.39. The van der Waals surface area contributed by atoms with Crippen LogP contribution in [0.2, 0.25) is 0 Å². The highest BCUT2D eigenvalue weighted by Gasteiger charge is 2.33. The van der Waals surface area contributed by atoms with E-state index in [1.807, 2.05) is 18.2 Å². The summed E-state index contributed by atoms with van der Waals surface area (Å²) in [6.45, 7) is 3.20. The Morgan fingerprint density at radius 3 is 2.29 bits per heavy atom. The number of piperazine rings is 1. The van der Waals surface area contributed by atoms with Crippen molar-refractivity contribution in [2.75, 3.05) is 49.5 Å². The highest BCUT2D eigenvalue weighted by Crippen LogP contribution is 2.21. The zero-order valence-corrected chi connectivity index (χ0v) is 18.2. The predicted molar refractivity (Wildman–Crippen MR) is 120 cm³/mol. The van der Waals surface area contributed by atoms with Crippen molar-refractivity contribution in [1.29, 1.82) is 0 Å². The molecule has 2 saturated heterocycles. The molecule has 0 radical (unpaired) electrons. The molecule has 7 nitrogen and oxygen atoms in total. The van der Waals surface area contributed by atoms with Crippen LogP contribution < -0.4 is 5.32 Å². The van der Waals surface area contributed by atoms with Crippen LogP contribution in [0.1, 0.15) is 22.3 Å². The Hall–Kier alpha value is -2.55. The highest BCUT2D eigenvalue weighted by molar-refractivity contribution is 7.91. The first-order valence-electron chi connectivity index (χ1n) is 10.6. The van der Waals surface area contributed by atoms with Crippen molar-refractivity contribution >= 4 is 27.2 Å². The van der Waals surface area contributed by atoms with Gasteiger partial charge in [-0.05, 0) is 18.6 Å². The molecule has 0 unspecified atom stereocenters. The van der Waals surface area contributed by atoms with Gasteiger partial charge in [-0.2, -0.15) is 0 Å². The number of anilines is 1. The van der Waals surface area contributed by atoms with Crippen molar-refractivity contribution in [3.8, 4) is 0 Å². The van der Waals surface area contributed by atoms with Crippen LogP contribution in [0.5, 0.6) is 0 Å². The van der Waals surface area contributed by atoms with Gasteiger partial charge in [0, 0.05) is 43.3 Å². The van der Waals surface area contributed by atoms with Crippen LogP contribution >= 0.6 is 0 Å². The van der Waals surface area contributed by atoms with Crippen LogP contribution in [0.15, 0.2) is 54.6 Å². The average Bonchev–Trinajstić information content (AvgIpc) is 3.14. The monoisotopic (exact) mass is 441 g/mol. The molecule has 1 atom stereocenters. The maximum atomic E-state index is 12.8. The van der Waals surface area contributed by atoms with Gasteiger partial charge in [0.15, 0.2) is 15.6 Å². The zero-order valence-electron chi connectivity index (χ0n) is 17.4. The topological polar surface area (TPSA) is 86.8 Å². The van der Waals surface area contributed by atoms with Gasteiger partial charge in [-0.1, -0.05) is 42.5 Å². The van der Waals surface area contributed by atoms with Gasteiger partial charge in [-0.3, -0.25) is 19.4 Å². The van der Waals surface area contributed by atoms with Crippen molar-refractivity contribution in [3.63, 3.8) is 0 Å². The Bertz CT molecular complexity index is 1050. The second kappa shape index (κ2) is 9.30. The van der Waals surface area contributed by atoms with Gasteiger partial charge in [-0.15, -0.1) is 0 Å². The van der Waals surface area contributed by atoms with Crippen molar-refractivity contribution in [2.45, 2.75) is 12.5 Å². The van der Waals surface area contributed by atoms with Crippen LogP contribution in [0.3, 0.4) is 0 Å². The summed E-state index contributed by atoms with van der Waals surface area (Å²) in [6.07, 6.45) is 0.703. The molecule has 2 fully saturated rings. The lowest BCUT2D eigenvalue weighted by Crippen LogP contribution is -2.52. The number of sulfone groups is 1. The minimum Gasteiger partial charge on any atom is -0.324 e. The van der Waals surface area contributed by atoms with Crippen molar-refractivity contribution in [1.82, 2.24) is 9.80 Å². The molecule has 0 bridgehead atoms. The Morgan fingerprint density at radius 2 is 1.61 bits per heavy atom. The number of ketones is 1. The lowest BCUT2D eigenvalue weighted by molar-refractivity contribution is -0.117. The number of para-hydroxylation sites is 1. The van der Waals surface area contributed by atoms with Gasteiger partial charge in [0.2, 0.25) is 5.91 Å². The van der Waals surface area contributed by atoms with E-state index in [-0.39, 0.29) is 35.8 Å². The molecule has 2 heterocycles. The minimum atomic E-state index is -2.89. The van der Waals surface area contributed by atoms with Gasteiger partial charge in [0.05, 0.1) is 23.7 Å². The Labute approximate surface area is 183 Å². The Kier molecular flexibility index (Phi) is 6.50. The third-order valence-corrected chi connectivity index (χ3v) is 7.73. The number of hydrogen-bond acceptors (Lipinski definition) is 6. The summed E-state index contributed by atoms with van der Waals surface area (Å²) < 4.78 is 23.4. The maximum Gasteiger partial charge on any atom is 0.238 e. The van der Waals surface area contributed by atoms with Gasteiger partial charge in [0.25, 0.3) is 0 Å². The van der Waals surface area contributed by atoms with Crippen molar-refractivity contribution in [3.05, 3.63) is 65.7 Å². The van der Waals surface area contributed by atoms with E-state index < -0.39 is 9.84 Å². The summed E-state index contributed by atoms with van der Waals surface area (Å²) in [6, 6.07) is 16.2. The Balaban J connectivity index is 1.33. The summed E-state index contributed by atoms with van der Waals surface area (Å²) >= 11 is 0. The van der Waals surface area contributed by atoms with E-state index in [4.69, 9.17) is 0 Å². The van der Waals surface area contributed by atoms with Gasteiger partial charge in [0.1, 0.15) is 0 Å². The number of carbonyl (C=O) groups is 2. The van der Waals surface area contributed by atoms with Crippen LogP contribution in [-0.4, -0.2) is 80.2 Å². The van der Waals surface area contributed by atoms with Gasteiger partial charge < -0.3 is 5.32 Å². The zero-order chi connectivity index (χ0) is 21.8. The normalized spacial score (nSPS) is 21.6. The lowest BCUT2D eigenvalue weighted by Gasteiger charge is -2.37.